The molecule has 0 aromatic heterocycles. The number of oxime groups is 1. The van der Waals surface area contributed by atoms with Gasteiger partial charge in [-0.1, -0.05) is 16.8 Å². The number of carbonyl (C=O) groups excluding carboxylic acids is 2. The Hall–Kier alpha value is -2.88. The summed E-state index contributed by atoms with van der Waals surface area (Å²) >= 11 is 6.26. The predicted octanol–water partition coefficient (Wildman–Crippen LogP) is 4.62. The number of amides is 2. The molecule has 10 nitrogen and oxygen atoms in total. The Morgan fingerprint density at radius 2 is 1.74 bits per heavy atom. The molecule has 196 valence electrons. The molecule has 1 N–H and O–H groups in total. The first-order valence-corrected chi connectivity index (χ1v) is 11.6. The van der Waals surface area contributed by atoms with Gasteiger partial charge in [0.25, 0.3) is 0 Å². The van der Waals surface area contributed by atoms with Crippen molar-refractivity contribution in [1.82, 2.24) is 10.2 Å². The first-order valence-electron chi connectivity index (χ1n) is 11.3. The van der Waals surface area contributed by atoms with Crippen molar-refractivity contribution >= 4 is 29.5 Å². The van der Waals surface area contributed by atoms with Crippen LogP contribution in [0, 0.1) is 5.92 Å². The van der Waals surface area contributed by atoms with Crippen molar-refractivity contribution in [3.8, 4) is 11.5 Å². The van der Waals surface area contributed by atoms with Crippen LogP contribution in [-0.4, -0.2) is 67.9 Å². The van der Waals surface area contributed by atoms with Gasteiger partial charge in [0.05, 0.1) is 31.5 Å². The van der Waals surface area contributed by atoms with E-state index in [1.807, 2.05) is 0 Å². The fourth-order valence-electron chi connectivity index (χ4n) is 3.28. The zero-order valence-corrected chi connectivity index (χ0v) is 22.4. The molecule has 1 aliphatic rings. The van der Waals surface area contributed by atoms with Crippen molar-refractivity contribution in [3.05, 3.63) is 22.7 Å². The molecule has 1 aromatic carbocycles. The molecule has 35 heavy (non-hydrogen) atoms. The molecule has 1 heterocycles. The van der Waals surface area contributed by atoms with Gasteiger partial charge >= 0.3 is 12.2 Å². The Balaban J connectivity index is 2.12. The summed E-state index contributed by atoms with van der Waals surface area (Å²) in [5, 5.41) is 7.39. The van der Waals surface area contributed by atoms with Gasteiger partial charge in [-0.2, -0.15) is 0 Å². The van der Waals surface area contributed by atoms with E-state index >= 15 is 0 Å². The van der Waals surface area contributed by atoms with Crippen LogP contribution in [0.4, 0.5) is 9.59 Å². The van der Waals surface area contributed by atoms with Crippen LogP contribution in [0.1, 0.15) is 47.1 Å². The van der Waals surface area contributed by atoms with Gasteiger partial charge in [0.15, 0.2) is 11.5 Å². The number of nitrogens with one attached hydrogen (secondary N) is 1. The van der Waals surface area contributed by atoms with E-state index in [2.05, 4.69) is 10.5 Å². The van der Waals surface area contributed by atoms with Crippen molar-refractivity contribution in [2.45, 2.75) is 59.4 Å². The first-order chi connectivity index (χ1) is 16.2. The minimum Gasteiger partial charge on any atom is -0.493 e. The van der Waals surface area contributed by atoms with Crippen molar-refractivity contribution in [3.63, 3.8) is 0 Å². The number of benzene rings is 1. The maximum Gasteiger partial charge on any atom is 0.410 e. The molecule has 1 atom stereocenters. The second-order valence-corrected chi connectivity index (χ2v) is 10.5. The zero-order valence-electron chi connectivity index (χ0n) is 21.7. The van der Waals surface area contributed by atoms with Gasteiger partial charge in [-0.05, 0) is 59.2 Å². The number of ether oxygens (including phenoxy) is 4. The molecule has 0 spiro atoms. The van der Waals surface area contributed by atoms with E-state index in [4.69, 9.17) is 35.4 Å². The van der Waals surface area contributed by atoms with E-state index in [0.717, 1.165) is 5.56 Å². The highest BCUT2D eigenvalue weighted by Crippen LogP contribution is 2.36. The Kier molecular flexibility index (Phi) is 9.48. The zero-order chi connectivity index (χ0) is 26.4. The Labute approximate surface area is 211 Å². The van der Waals surface area contributed by atoms with Crippen LogP contribution in [0.5, 0.6) is 11.5 Å². The summed E-state index contributed by atoms with van der Waals surface area (Å²) in [6.45, 7) is 11.6. The molecule has 1 unspecified atom stereocenters. The maximum atomic E-state index is 12.6. The van der Waals surface area contributed by atoms with Gasteiger partial charge < -0.3 is 34.0 Å². The van der Waals surface area contributed by atoms with Crippen molar-refractivity contribution in [1.29, 1.82) is 0 Å². The standard InChI is InChI=1S/C24H36ClN3O7/c1-23(2,3)34-21(29)26-11-16-12-28(22(30)35-24(4,5)6)13-18(16)27-33-14-15-9-17(25)20(32-8)19(10-15)31-7/h9-10,16H,11-14H2,1-8H3,(H,26,29)/b27-18+. The SMILES string of the molecule is COc1cc(CO/N=C2\CN(C(=O)OC(C)(C)C)CC2CNC(=O)OC(C)(C)C)cc(Cl)c1OC. The van der Waals surface area contributed by atoms with E-state index in [0.29, 0.717) is 28.8 Å². The van der Waals surface area contributed by atoms with Gasteiger partial charge in [-0.15, -0.1) is 0 Å². The summed E-state index contributed by atoms with van der Waals surface area (Å²) in [4.78, 5) is 31.8. The van der Waals surface area contributed by atoms with Crippen LogP contribution in [0.3, 0.4) is 0 Å². The average Bonchev–Trinajstić information content (AvgIpc) is 3.12. The molecule has 2 rings (SSSR count). The second-order valence-electron chi connectivity index (χ2n) is 10.1. The molecule has 1 fully saturated rings. The average molecular weight is 514 g/mol. The van der Waals surface area contributed by atoms with E-state index in [-0.39, 0.29) is 25.6 Å². The fourth-order valence-corrected chi connectivity index (χ4v) is 3.59. The molecular weight excluding hydrogens is 478 g/mol. The van der Waals surface area contributed by atoms with Crippen molar-refractivity contribution in [2.75, 3.05) is 33.9 Å². The molecule has 1 saturated heterocycles. The quantitative estimate of drug-likeness (QED) is 0.530. The minimum atomic E-state index is -0.634. The number of nitrogens with zero attached hydrogens (tertiary/aromatic N) is 2. The lowest BCUT2D eigenvalue weighted by Gasteiger charge is -2.24. The van der Waals surface area contributed by atoms with Gasteiger partial charge in [0.1, 0.15) is 17.8 Å². The largest absolute Gasteiger partial charge is 0.493 e. The third-order valence-electron chi connectivity index (χ3n) is 4.71. The number of alkyl carbamates (subject to hydrolysis) is 1. The fraction of sp³-hybridized carbons (Fsp3) is 0.625. The van der Waals surface area contributed by atoms with Crippen LogP contribution >= 0.6 is 11.6 Å². The molecule has 2 amide bonds. The first kappa shape index (κ1) is 28.4. The van der Waals surface area contributed by atoms with Crippen LogP contribution in [0.2, 0.25) is 5.02 Å². The number of likely N-dealkylation sites (tertiary alicyclic amines) is 1. The number of rotatable bonds is 7. The smallest absolute Gasteiger partial charge is 0.410 e. The van der Waals surface area contributed by atoms with Crippen LogP contribution < -0.4 is 14.8 Å². The van der Waals surface area contributed by atoms with Gasteiger partial charge in [-0.25, -0.2) is 9.59 Å². The van der Waals surface area contributed by atoms with E-state index < -0.39 is 23.4 Å². The Bertz CT molecular complexity index is 938. The summed E-state index contributed by atoms with van der Waals surface area (Å²) < 4.78 is 21.3. The molecule has 1 aromatic rings. The molecule has 0 aliphatic carbocycles. The van der Waals surface area contributed by atoms with Gasteiger partial charge in [0.2, 0.25) is 0 Å². The lowest BCUT2D eigenvalue weighted by molar-refractivity contribution is 0.0292. The minimum absolute atomic E-state index is 0.113. The molecule has 11 heteroatoms. The number of halogens is 1. The Morgan fingerprint density at radius 3 is 2.31 bits per heavy atom. The van der Waals surface area contributed by atoms with Crippen LogP contribution in [-0.2, 0) is 20.9 Å². The lowest BCUT2D eigenvalue weighted by atomic mass is 10.1. The molecule has 0 saturated carbocycles. The summed E-state index contributed by atoms with van der Waals surface area (Å²) in [5.41, 5.74) is 0.0638. The van der Waals surface area contributed by atoms with Crippen molar-refractivity contribution < 1.29 is 33.4 Å². The molecule has 1 aliphatic heterocycles. The Morgan fingerprint density at radius 1 is 1.09 bits per heavy atom. The van der Waals surface area contributed by atoms with Gasteiger partial charge in [-0.3, -0.25) is 0 Å². The monoisotopic (exact) mass is 513 g/mol. The molecular formula is C24H36ClN3O7. The predicted molar refractivity (Wildman–Crippen MR) is 132 cm³/mol. The topological polar surface area (TPSA) is 108 Å². The number of hydrogen-bond acceptors (Lipinski definition) is 8. The third kappa shape index (κ3) is 9.01. The third-order valence-corrected chi connectivity index (χ3v) is 5.00. The normalized spacial score (nSPS) is 17.2. The number of methoxy groups -OCH3 is 2. The lowest BCUT2D eigenvalue weighted by Crippen LogP contribution is -2.38. The highest BCUT2D eigenvalue weighted by atomic mass is 35.5. The summed E-state index contributed by atoms with van der Waals surface area (Å²) in [6.07, 6.45) is -1.01. The highest BCUT2D eigenvalue weighted by Gasteiger charge is 2.35. The number of hydrogen-bond donors (Lipinski definition) is 1. The van der Waals surface area contributed by atoms with E-state index in [1.165, 1.54) is 19.1 Å². The molecule has 0 bridgehead atoms. The van der Waals surface area contributed by atoms with E-state index in [1.54, 1.807) is 53.7 Å². The highest BCUT2D eigenvalue weighted by molar-refractivity contribution is 6.32. The maximum absolute atomic E-state index is 12.6. The van der Waals surface area contributed by atoms with Crippen LogP contribution in [0.25, 0.3) is 0 Å². The summed E-state index contributed by atoms with van der Waals surface area (Å²) in [5.74, 6) is 0.632. The summed E-state index contributed by atoms with van der Waals surface area (Å²) in [6, 6.07) is 3.44. The van der Waals surface area contributed by atoms with Crippen molar-refractivity contribution in [2.24, 2.45) is 11.1 Å². The molecule has 0 radical (unpaired) electrons. The number of carbonyl (C=O) groups is 2. The van der Waals surface area contributed by atoms with Gasteiger partial charge in [0, 0.05) is 19.0 Å². The van der Waals surface area contributed by atoms with Crippen LogP contribution in [0.15, 0.2) is 17.3 Å². The second kappa shape index (κ2) is 11.7. The van der Waals surface area contributed by atoms with E-state index in [9.17, 15) is 9.59 Å². The summed E-state index contributed by atoms with van der Waals surface area (Å²) in [7, 11) is 3.03.